The van der Waals surface area contributed by atoms with Gasteiger partial charge in [-0.3, -0.25) is 5.32 Å². The molecule has 0 saturated heterocycles. The van der Waals surface area contributed by atoms with Crippen LogP contribution in [0, 0.1) is 0 Å². The van der Waals surface area contributed by atoms with E-state index in [9.17, 15) is 4.79 Å². The van der Waals surface area contributed by atoms with Gasteiger partial charge in [-0.1, -0.05) is 12.1 Å². The van der Waals surface area contributed by atoms with E-state index in [1.165, 1.54) is 11.3 Å². The van der Waals surface area contributed by atoms with Gasteiger partial charge in [-0.05, 0) is 24.1 Å². The fourth-order valence-electron chi connectivity index (χ4n) is 1.66. The minimum Gasteiger partial charge on any atom is -0.465 e. The van der Waals surface area contributed by atoms with Crippen molar-refractivity contribution in [3.63, 3.8) is 0 Å². The molecule has 0 aliphatic heterocycles. The second kappa shape index (κ2) is 5.61. The first-order valence-corrected chi connectivity index (χ1v) is 6.27. The zero-order valence-corrected chi connectivity index (χ0v) is 10.4. The number of nitrogens with one attached hydrogen (secondary N) is 1. The summed E-state index contributed by atoms with van der Waals surface area (Å²) in [4.78, 5) is 14.7. The molecule has 0 bridgehead atoms. The largest absolute Gasteiger partial charge is 0.465 e. The third-order valence-corrected chi connectivity index (χ3v) is 3.31. The summed E-state index contributed by atoms with van der Waals surface area (Å²) in [5, 5.41) is 13.7. The molecule has 0 aliphatic carbocycles. The minimum absolute atomic E-state index is 0.162. The average Bonchev–Trinajstić information content (AvgIpc) is 2.81. The highest BCUT2D eigenvalue weighted by atomic mass is 32.1. The van der Waals surface area contributed by atoms with E-state index in [-0.39, 0.29) is 6.04 Å². The molecule has 1 aromatic heterocycles. The van der Waals surface area contributed by atoms with Gasteiger partial charge in [0.05, 0.1) is 6.04 Å². The quantitative estimate of drug-likeness (QED) is 0.790. The van der Waals surface area contributed by atoms with Crippen molar-refractivity contribution in [2.45, 2.75) is 12.5 Å². The van der Waals surface area contributed by atoms with Gasteiger partial charge in [0.15, 0.2) is 0 Å². The van der Waals surface area contributed by atoms with Crippen molar-refractivity contribution in [3.8, 4) is 0 Å². The summed E-state index contributed by atoms with van der Waals surface area (Å²) in [6.45, 7) is 0. The summed E-state index contributed by atoms with van der Waals surface area (Å²) < 4.78 is 0. The fraction of sp³-hybridized carbons (Fsp3) is 0.167. The van der Waals surface area contributed by atoms with Gasteiger partial charge >= 0.3 is 6.09 Å². The highest BCUT2D eigenvalue weighted by Gasteiger charge is 2.10. The maximum absolute atomic E-state index is 10.5. The van der Waals surface area contributed by atoms with Crippen LogP contribution >= 0.6 is 11.3 Å². The lowest BCUT2D eigenvalue weighted by Gasteiger charge is -2.09. The van der Waals surface area contributed by atoms with Crippen LogP contribution in [0.3, 0.4) is 0 Å². The molecule has 5 nitrogen and oxygen atoms in total. The number of carbonyl (C=O) groups is 1. The first-order valence-electron chi connectivity index (χ1n) is 5.39. The lowest BCUT2D eigenvalue weighted by atomic mass is 10.1. The number of nitrogens with two attached hydrogens (primary N) is 1. The van der Waals surface area contributed by atoms with Crippen LogP contribution in [0.15, 0.2) is 35.8 Å². The number of thiazole rings is 1. The van der Waals surface area contributed by atoms with Crippen LogP contribution in [0.1, 0.15) is 16.6 Å². The molecule has 1 amide bonds. The number of amides is 1. The molecular formula is C12H13N3O2S. The SMILES string of the molecule is N[C@@H](Cc1cccc(NC(=O)O)c1)c1nccs1. The van der Waals surface area contributed by atoms with E-state index in [0.717, 1.165) is 10.6 Å². The van der Waals surface area contributed by atoms with Gasteiger partial charge < -0.3 is 10.8 Å². The summed E-state index contributed by atoms with van der Waals surface area (Å²) in [5.74, 6) is 0. The van der Waals surface area contributed by atoms with Crippen molar-refractivity contribution in [2.24, 2.45) is 5.73 Å². The number of nitrogens with zero attached hydrogens (tertiary/aromatic N) is 1. The molecule has 2 rings (SSSR count). The zero-order valence-electron chi connectivity index (χ0n) is 9.54. The van der Waals surface area contributed by atoms with Crippen molar-refractivity contribution in [1.82, 2.24) is 4.98 Å². The lowest BCUT2D eigenvalue weighted by Crippen LogP contribution is -2.13. The van der Waals surface area contributed by atoms with Crippen LogP contribution in [0.4, 0.5) is 10.5 Å². The molecule has 0 saturated carbocycles. The standard InChI is InChI=1S/C12H13N3O2S/c13-10(11-14-4-5-18-11)7-8-2-1-3-9(6-8)15-12(16)17/h1-6,10,15H,7,13H2,(H,16,17)/t10-/m0/s1. The average molecular weight is 263 g/mol. The predicted octanol–water partition coefficient (Wildman–Crippen LogP) is 2.48. The number of aromatic nitrogens is 1. The molecule has 1 heterocycles. The van der Waals surface area contributed by atoms with Gasteiger partial charge in [0.25, 0.3) is 0 Å². The van der Waals surface area contributed by atoms with Gasteiger partial charge in [0.2, 0.25) is 0 Å². The molecule has 4 N–H and O–H groups in total. The Kier molecular flexibility index (Phi) is 3.91. The topological polar surface area (TPSA) is 88.2 Å². The highest BCUT2D eigenvalue weighted by Crippen LogP contribution is 2.20. The molecule has 0 radical (unpaired) electrons. The van der Waals surface area contributed by atoms with Crippen LogP contribution < -0.4 is 11.1 Å². The Morgan fingerprint density at radius 3 is 3.06 bits per heavy atom. The van der Waals surface area contributed by atoms with E-state index >= 15 is 0 Å². The van der Waals surface area contributed by atoms with E-state index in [1.54, 1.807) is 24.4 Å². The molecule has 94 valence electrons. The molecule has 0 unspecified atom stereocenters. The third kappa shape index (κ3) is 3.28. The Balaban J connectivity index is 2.07. The molecule has 0 spiro atoms. The smallest absolute Gasteiger partial charge is 0.409 e. The normalized spacial score (nSPS) is 12.1. The second-order valence-corrected chi connectivity index (χ2v) is 4.74. The number of carboxylic acid groups (broad SMARTS) is 1. The van der Waals surface area contributed by atoms with Crippen molar-refractivity contribution in [2.75, 3.05) is 5.32 Å². The van der Waals surface area contributed by atoms with Gasteiger partial charge in [0.1, 0.15) is 5.01 Å². The van der Waals surface area contributed by atoms with Gasteiger partial charge in [-0.2, -0.15) is 0 Å². The lowest BCUT2D eigenvalue weighted by molar-refractivity contribution is 0.210. The molecule has 0 fully saturated rings. The molecule has 6 heteroatoms. The van der Waals surface area contributed by atoms with E-state index in [4.69, 9.17) is 10.8 Å². The summed E-state index contributed by atoms with van der Waals surface area (Å²) in [7, 11) is 0. The fourth-order valence-corrected chi connectivity index (χ4v) is 2.30. The Labute approximate surface area is 108 Å². The number of benzene rings is 1. The van der Waals surface area contributed by atoms with E-state index in [1.807, 2.05) is 11.4 Å². The van der Waals surface area contributed by atoms with Crippen LogP contribution in [-0.2, 0) is 6.42 Å². The molecule has 1 atom stereocenters. The van der Waals surface area contributed by atoms with Gasteiger partial charge in [0, 0.05) is 17.3 Å². The maximum atomic E-state index is 10.5. The molecule has 0 aliphatic rings. The number of anilines is 1. The van der Waals surface area contributed by atoms with Crippen molar-refractivity contribution >= 4 is 23.1 Å². The van der Waals surface area contributed by atoms with E-state index in [0.29, 0.717) is 12.1 Å². The molecule has 2 aromatic rings. The molecule has 1 aromatic carbocycles. The Hall–Kier alpha value is -1.92. The Morgan fingerprint density at radius 1 is 1.56 bits per heavy atom. The second-order valence-electron chi connectivity index (χ2n) is 3.81. The first kappa shape index (κ1) is 12.5. The van der Waals surface area contributed by atoms with Crippen LogP contribution in [0.5, 0.6) is 0 Å². The van der Waals surface area contributed by atoms with Crippen LogP contribution in [-0.4, -0.2) is 16.2 Å². The minimum atomic E-state index is -1.07. The molecule has 18 heavy (non-hydrogen) atoms. The third-order valence-electron chi connectivity index (χ3n) is 2.40. The maximum Gasteiger partial charge on any atom is 0.409 e. The van der Waals surface area contributed by atoms with Crippen LogP contribution in [0.25, 0.3) is 0 Å². The van der Waals surface area contributed by atoms with E-state index in [2.05, 4.69) is 10.3 Å². The van der Waals surface area contributed by atoms with Crippen molar-refractivity contribution < 1.29 is 9.90 Å². The Bertz CT molecular complexity index is 528. The predicted molar refractivity (Wildman–Crippen MR) is 70.8 cm³/mol. The van der Waals surface area contributed by atoms with Crippen molar-refractivity contribution in [3.05, 3.63) is 46.4 Å². The zero-order chi connectivity index (χ0) is 13.0. The highest BCUT2D eigenvalue weighted by molar-refractivity contribution is 7.09. The first-order chi connectivity index (χ1) is 8.65. The van der Waals surface area contributed by atoms with Gasteiger partial charge in [-0.25, -0.2) is 9.78 Å². The summed E-state index contributed by atoms with van der Waals surface area (Å²) in [6.07, 6.45) is 1.28. The van der Waals surface area contributed by atoms with Crippen molar-refractivity contribution in [1.29, 1.82) is 0 Å². The Morgan fingerprint density at radius 2 is 2.39 bits per heavy atom. The summed E-state index contributed by atoms with van der Waals surface area (Å²) in [6, 6.07) is 7.04. The van der Waals surface area contributed by atoms with Gasteiger partial charge in [-0.15, -0.1) is 11.3 Å². The number of rotatable bonds is 4. The van der Waals surface area contributed by atoms with E-state index < -0.39 is 6.09 Å². The summed E-state index contributed by atoms with van der Waals surface area (Å²) >= 11 is 1.52. The molecular weight excluding hydrogens is 250 g/mol. The monoisotopic (exact) mass is 263 g/mol. The van der Waals surface area contributed by atoms with Crippen LogP contribution in [0.2, 0.25) is 0 Å². The number of hydrogen-bond acceptors (Lipinski definition) is 4. The number of hydrogen-bond donors (Lipinski definition) is 3. The summed E-state index contributed by atoms with van der Waals surface area (Å²) in [5.41, 5.74) is 7.56.